The smallest absolute Gasteiger partial charge is 0.261 e. The Labute approximate surface area is 106 Å². The molecule has 0 spiro atoms. The predicted molar refractivity (Wildman–Crippen MR) is 70.5 cm³/mol. The highest BCUT2D eigenvalue weighted by molar-refractivity contribution is 7.13. The van der Waals surface area contributed by atoms with Gasteiger partial charge in [-0.3, -0.25) is 4.79 Å². The maximum absolute atomic E-state index is 11.7. The summed E-state index contributed by atoms with van der Waals surface area (Å²) in [7, 11) is 0. The summed E-state index contributed by atoms with van der Waals surface area (Å²) < 4.78 is 0. The molecule has 1 N–H and O–H groups in total. The summed E-state index contributed by atoms with van der Waals surface area (Å²) in [6.07, 6.45) is 2.01. The molecule has 0 radical (unpaired) electrons. The number of halogens is 1. The molecule has 1 unspecified atom stereocenters. The van der Waals surface area contributed by atoms with Crippen LogP contribution < -0.4 is 5.32 Å². The molecule has 0 aliphatic carbocycles. The minimum absolute atomic E-state index is 0.0334. The molecule has 0 aromatic carbocycles. The van der Waals surface area contributed by atoms with Gasteiger partial charge in [-0.15, -0.1) is 22.9 Å². The van der Waals surface area contributed by atoms with Crippen LogP contribution >= 0.6 is 22.9 Å². The lowest BCUT2D eigenvalue weighted by molar-refractivity contribution is 0.0950. The van der Waals surface area contributed by atoms with E-state index in [-0.39, 0.29) is 5.91 Å². The zero-order valence-electron chi connectivity index (χ0n) is 9.75. The summed E-state index contributed by atoms with van der Waals surface area (Å²) in [4.78, 5) is 13.7. The van der Waals surface area contributed by atoms with Crippen LogP contribution in [0.4, 0.5) is 0 Å². The zero-order chi connectivity index (χ0) is 12.0. The van der Waals surface area contributed by atoms with E-state index in [1.807, 2.05) is 19.1 Å². The van der Waals surface area contributed by atoms with E-state index in [1.54, 1.807) is 0 Å². The molecule has 0 bridgehead atoms. The third-order valence-corrected chi connectivity index (χ3v) is 3.83. The fraction of sp³-hybridized carbons (Fsp3) is 0.583. The number of amides is 1. The van der Waals surface area contributed by atoms with Gasteiger partial charge in [0.25, 0.3) is 5.91 Å². The second-order valence-electron chi connectivity index (χ2n) is 3.87. The first-order valence-electron chi connectivity index (χ1n) is 5.58. The molecule has 16 heavy (non-hydrogen) atoms. The van der Waals surface area contributed by atoms with Crippen LogP contribution in [-0.4, -0.2) is 18.3 Å². The average Bonchev–Trinajstić information content (AvgIpc) is 2.70. The van der Waals surface area contributed by atoms with E-state index in [9.17, 15) is 4.79 Å². The summed E-state index contributed by atoms with van der Waals surface area (Å²) >= 11 is 7.23. The number of aryl methyl sites for hydroxylation is 1. The van der Waals surface area contributed by atoms with Crippen molar-refractivity contribution >= 4 is 28.8 Å². The summed E-state index contributed by atoms with van der Waals surface area (Å²) in [5, 5.41) is 2.96. The van der Waals surface area contributed by atoms with E-state index in [2.05, 4.69) is 12.2 Å². The fourth-order valence-corrected chi connectivity index (χ4v) is 2.58. The van der Waals surface area contributed by atoms with Crippen molar-refractivity contribution in [2.45, 2.75) is 26.7 Å². The van der Waals surface area contributed by atoms with Crippen molar-refractivity contribution in [1.82, 2.24) is 5.32 Å². The van der Waals surface area contributed by atoms with E-state index in [0.29, 0.717) is 11.8 Å². The van der Waals surface area contributed by atoms with Crippen LogP contribution in [-0.2, 0) is 0 Å². The Bertz CT molecular complexity index is 338. The van der Waals surface area contributed by atoms with E-state index in [4.69, 9.17) is 11.6 Å². The number of carbonyl (C=O) groups excluding carboxylic acids is 1. The van der Waals surface area contributed by atoms with E-state index < -0.39 is 0 Å². The molecular weight excluding hydrogens is 242 g/mol. The zero-order valence-corrected chi connectivity index (χ0v) is 11.3. The molecule has 1 aromatic rings. The van der Waals surface area contributed by atoms with Gasteiger partial charge < -0.3 is 5.32 Å². The van der Waals surface area contributed by atoms with Gasteiger partial charge in [-0.1, -0.05) is 13.3 Å². The van der Waals surface area contributed by atoms with Crippen LogP contribution in [0.5, 0.6) is 0 Å². The fourth-order valence-electron chi connectivity index (χ4n) is 1.49. The SMILES string of the molecule is CCC(CCCl)CNC(=O)c1ccc(C)s1. The largest absolute Gasteiger partial charge is 0.351 e. The average molecular weight is 260 g/mol. The number of nitrogens with one attached hydrogen (secondary N) is 1. The van der Waals surface area contributed by atoms with Gasteiger partial charge in [0, 0.05) is 17.3 Å². The predicted octanol–water partition coefficient (Wildman–Crippen LogP) is 3.44. The molecule has 2 nitrogen and oxygen atoms in total. The monoisotopic (exact) mass is 259 g/mol. The Morgan fingerprint density at radius 1 is 1.56 bits per heavy atom. The highest BCUT2D eigenvalue weighted by Crippen LogP contribution is 2.15. The lowest BCUT2D eigenvalue weighted by Gasteiger charge is -2.13. The maximum atomic E-state index is 11.7. The first-order valence-corrected chi connectivity index (χ1v) is 6.93. The second-order valence-corrected chi connectivity index (χ2v) is 5.54. The molecule has 0 saturated heterocycles. The Kier molecular flexibility index (Phi) is 5.85. The van der Waals surface area contributed by atoms with Crippen LogP contribution in [0.15, 0.2) is 12.1 Å². The Hall–Kier alpha value is -0.540. The molecular formula is C12H18ClNOS. The summed E-state index contributed by atoms with van der Waals surface area (Å²) in [5.41, 5.74) is 0. The summed E-state index contributed by atoms with van der Waals surface area (Å²) in [6, 6.07) is 3.84. The summed E-state index contributed by atoms with van der Waals surface area (Å²) in [6.45, 7) is 4.85. The minimum Gasteiger partial charge on any atom is -0.351 e. The van der Waals surface area contributed by atoms with E-state index in [1.165, 1.54) is 11.3 Å². The van der Waals surface area contributed by atoms with Gasteiger partial charge in [0.2, 0.25) is 0 Å². The molecule has 4 heteroatoms. The number of thiophene rings is 1. The molecule has 1 amide bonds. The third-order valence-electron chi connectivity index (χ3n) is 2.61. The van der Waals surface area contributed by atoms with Crippen molar-refractivity contribution in [2.75, 3.05) is 12.4 Å². The molecule has 0 saturated carbocycles. The van der Waals surface area contributed by atoms with Crippen LogP contribution in [0.2, 0.25) is 0 Å². The quantitative estimate of drug-likeness (QED) is 0.779. The van der Waals surface area contributed by atoms with Gasteiger partial charge in [-0.25, -0.2) is 0 Å². The van der Waals surface area contributed by atoms with Crippen molar-refractivity contribution in [2.24, 2.45) is 5.92 Å². The molecule has 1 rings (SSSR count). The standard InChI is InChI=1S/C12H18ClNOS/c1-3-10(6-7-13)8-14-12(15)11-5-4-9(2)16-11/h4-5,10H,3,6-8H2,1-2H3,(H,14,15). The van der Waals surface area contributed by atoms with E-state index in [0.717, 1.165) is 29.1 Å². The van der Waals surface area contributed by atoms with Crippen molar-refractivity contribution in [3.63, 3.8) is 0 Å². The molecule has 0 fully saturated rings. The normalized spacial score (nSPS) is 12.4. The van der Waals surface area contributed by atoms with Gasteiger partial charge in [0.05, 0.1) is 4.88 Å². The number of hydrogen-bond acceptors (Lipinski definition) is 2. The van der Waals surface area contributed by atoms with Gasteiger partial charge in [0.1, 0.15) is 0 Å². The lowest BCUT2D eigenvalue weighted by atomic mass is 10.0. The minimum atomic E-state index is 0.0334. The van der Waals surface area contributed by atoms with Gasteiger partial charge in [-0.05, 0) is 31.4 Å². The highest BCUT2D eigenvalue weighted by atomic mass is 35.5. The number of alkyl halides is 1. The number of hydrogen-bond donors (Lipinski definition) is 1. The highest BCUT2D eigenvalue weighted by Gasteiger charge is 2.10. The van der Waals surface area contributed by atoms with Crippen LogP contribution in [0.3, 0.4) is 0 Å². The van der Waals surface area contributed by atoms with Gasteiger partial charge in [-0.2, -0.15) is 0 Å². The first kappa shape index (κ1) is 13.5. The van der Waals surface area contributed by atoms with Crippen molar-refractivity contribution in [3.05, 3.63) is 21.9 Å². The van der Waals surface area contributed by atoms with Gasteiger partial charge in [0.15, 0.2) is 0 Å². The van der Waals surface area contributed by atoms with Crippen molar-refractivity contribution in [3.8, 4) is 0 Å². The van der Waals surface area contributed by atoms with E-state index >= 15 is 0 Å². The Morgan fingerprint density at radius 2 is 2.31 bits per heavy atom. The maximum Gasteiger partial charge on any atom is 0.261 e. The van der Waals surface area contributed by atoms with Crippen LogP contribution in [0, 0.1) is 12.8 Å². The molecule has 1 aromatic heterocycles. The topological polar surface area (TPSA) is 29.1 Å². The molecule has 0 aliphatic rings. The molecule has 1 atom stereocenters. The Morgan fingerprint density at radius 3 is 2.81 bits per heavy atom. The molecule has 0 aliphatic heterocycles. The van der Waals surface area contributed by atoms with Crippen molar-refractivity contribution in [1.29, 1.82) is 0 Å². The third kappa shape index (κ3) is 4.14. The molecule has 90 valence electrons. The Balaban J connectivity index is 2.40. The summed E-state index contributed by atoms with van der Waals surface area (Å²) in [5.74, 6) is 1.18. The molecule has 1 heterocycles. The first-order chi connectivity index (χ1) is 7.67. The number of carbonyl (C=O) groups is 1. The lowest BCUT2D eigenvalue weighted by Crippen LogP contribution is -2.28. The number of rotatable bonds is 6. The van der Waals surface area contributed by atoms with Crippen LogP contribution in [0.1, 0.15) is 34.3 Å². The van der Waals surface area contributed by atoms with Crippen LogP contribution in [0.25, 0.3) is 0 Å². The van der Waals surface area contributed by atoms with Crippen molar-refractivity contribution < 1.29 is 4.79 Å². The van der Waals surface area contributed by atoms with Gasteiger partial charge >= 0.3 is 0 Å². The second kappa shape index (κ2) is 6.92.